The summed E-state index contributed by atoms with van der Waals surface area (Å²) in [7, 11) is 0. The van der Waals surface area contributed by atoms with Crippen LogP contribution in [-0.4, -0.2) is 55.6 Å². The number of benzene rings is 2. The number of nitrogens with zero attached hydrogens (tertiary/aromatic N) is 1. The Morgan fingerprint density at radius 3 is 2.12 bits per heavy atom. The first kappa shape index (κ1) is 31.8. The molecule has 2 aromatic rings. The highest BCUT2D eigenvalue weighted by atomic mass is 19.1. The number of unbranched alkanes of at least 4 members (excludes halogenated alkanes) is 7. The monoisotopic (exact) mass is 568 g/mol. The topological polar surface area (TPSA) is 108 Å². The summed E-state index contributed by atoms with van der Waals surface area (Å²) in [6, 6.07) is 11.9. The van der Waals surface area contributed by atoms with Crippen molar-refractivity contribution in [2.24, 2.45) is 11.7 Å². The maximum atomic E-state index is 14.8. The summed E-state index contributed by atoms with van der Waals surface area (Å²) >= 11 is 0. The zero-order chi connectivity index (χ0) is 29.5. The van der Waals surface area contributed by atoms with E-state index in [1.807, 2.05) is 0 Å². The van der Waals surface area contributed by atoms with Crippen molar-refractivity contribution in [2.75, 3.05) is 32.9 Å². The molecule has 1 aliphatic heterocycles. The fraction of sp³-hybridized carbons (Fsp3) is 0.469. The van der Waals surface area contributed by atoms with Crippen molar-refractivity contribution >= 4 is 17.8 Å². The molecule has 1 unspecified atom stereocenters. The molecule has 1 heterocycles. The van der Waals surface area contributed by atoms with E-state index in [0.717, 1.165) is 29.9 Å². The number of esters is 1. The fourth-order valence-electron chi connectivity index (χ4n) is 4.35. The summed E-state index contributed by atoms with van der Waals surface area (Å²) in [6.45, 7) is 2.72. The average Bonchev–Trinajstić information content (AvgIpc) is 3.29. The third kappa shape index (κ3) is 10.6. The van der Waals surface area contributed by atoms with Crippen molar-refractivity contribution in [3.8, 4) is 22.6 Å². The fourth-order valence-corrected chi connectivity index (χ4v) is 4.35. The number of ether oxygens (including phenoxy) is 3. The number of hydrogen-bond acceptors (Lipinski definition) is 7. The van der Waals surface area contributed by atoms with Crippen LogP contribution in [0.5, 0.6) is 11.5 Å². The highest BCUT2D eigenvalue weighted by Crippen LogP contribution is 2.28. The third-order valence-electron chi connectivity index (χ3n) is 6.86. The van der Waals surface area contributed by atoms with Crippen LogP contribution in [0.1, 0.15) is 58.3 Å². The van der Waals surface area contributed by atoms with Gasteiger partial charge in [-0.25, -0.2) is 4.39 Å². The van der Waals surface area contributed by atoms with Crippen molar-refractivity contribution in [3.05, 3.63) is 60.4 Å². The number of imide groups is 1. The molecular weight excluding hydrogens is 527 g/mol. The van der Waals surface area contributed by atoms with Gasteiger partial charge in [0.15, 0.2) is 0 Å². The van der Waals surface area contributed by atoms with E-state index in [-0.39, 0.29) is 31.5 Å². The zero-order valence-electron chi connectivity index (χ0n) is 23.8. The van der Waals surface area contributed by atoms with Gasteiger partial charge in [-0.3, -0.25) is 19.3 Å². The zero-order valence-corrected chi connectivity index (χ0v) is 23.8. The molecule has 2 aromatic carbocycles. The lowest BCUT2D eigenvalue weighted by Crippen LogP contribution is -2.37. The van der Waals surface area contributed by atoms with Crippen molar-refractivity contribution in [2.45, 2.75) is 58.3 Å². The molecule has 0 spiro atoms. The molecule has 0 fully saturated rings. The lowest BCUT2D eigenvalue weighted by Gasteiger charge is -2.18. The normalized spacial score (nSPS) is 13.5. The molecule has 2 amide bonds. The quantitative estimate of drug-likeness (QED) is 0.137. The van der Waals surface area contributed by atoms with Gasteiger partial charge < -0.3 is 19.9 Å². The first-order valence-corrected chi connectivity index (χ1v) is 14.5. The van der Waals surface area contributed by atoms with Crippen LogP contribution < -0.4 is 15.2 Å². The maximum absolute atomic E-state index is 14.8. The molecule has 8 nitrogen and oxygen atoms in total. The van der Waals surface area contributed by atoms with Crippen LogP contribution in [0.3, 0.4) is 0 Å². The molecule has 1 aliphatic rings. The number of halogens is 1. The summed E-state index contributed by atoms with van der Waals surface area (Å²) in [5.41, 5.74) is 6.95. The minimum atomic E-state index is -0.704. The molecular formula is C32H41FN2O6. The largest absolute Gasteiger partial charge is 0.493 e. The van der Waals surface area contributed by atoms with Gasteiger partial charge >= 0.3 is 5.97 Å². The van der Waals surface area contributed by atoms with E-state index in [9.17, 15) is 18.8 Å². The molecule has 0 aromatic heterocycles. The predicted molar refractivity (Wildman–Crippen MR) is 155 cm³/mol. The minimum Gasteiger partial charge on any atom is -0.493 e. The second-order valence-electron chi connectivity index (χ2n) is 10.2. The third-order valence-corrected chi connectivity index (χ3v) is 6.86. The van der Waals surface area contributed by atoms with Gasteiger partial charge in [-0.15, -0.1) is 0 Å². The van der Waals surface area contributed by atoms with Gasteiger partial charge in [0.05, 0.1) is 19.8 Å². The number of rotatable bonds is 19. The van der Waals surface area contributed by atoms with Gasteiger partial charge in [0.1, 0.15) is 23.9 Å². The van der Waals surface area contributed by atoms with Crippen molar-refractivity contribution in [3.63, 3.8) is 0 Å². The van der Waals surface area contributed by atoms with Crippen LogP contribution in [0.2, 0.25) is 0 Å². The highest BCUT2D eigenvalue weighted by Gasteiger charge is 2.26. The molecule has 3 rings (SSSR count). The smallest absolute Gasteiger partial charge is 0.326 e. The standard InChI is InChI=1S/C32H41FN2O6/c1-2-3-4-5-6-7-8-9-18-39-27-14-15-28(29(33)19-27)25-10-12-26(13-11-25)40-22-24(20-34)23-41-32(38)21-35-30(36)16-17-31(35)37/h10-17,19,24H,2-9,18,20-23,34H2,1H3. The van der Waals surface area contributed by atoms with Gasteiger partial charge in [-0.1, -0.05) is 64.0 Å². The molecule has 2 N–H and O–H groups in total. The van der Waals surface area contributed by atoms with Gasteiger partial charge in [-0.05, 0) is 36.2 Å². The summed E-state index contributed by atoms with van der Waals surface area (Å²) < 4.78 is 31.5. The van der Waals surface area contributed by atoms with E-state index in [0.29, 0.717) is 29.2 Å². The molecule has 41 heavy (non-hydrogen) atoms. The molecule has 9 heteroatoms. The lowest BCUT2D eigenvalue weighted by atomic mass is 10.0. The van der Waals surface area contributed by atoms with Gasteiger partial charge in [0.2, 0.25) is 0 Å². The van der Waals surface area contributed by atoms with Crippen LogP contribution in [0.25, 0.3) is 11.1 Å². The Morgan fingerprint density at radius 1 is 0.854 bits per heavy atom. The number of carbonyl (C=O) groups excluding carboxylic acids is 3. The van der Waals surface area contributed by atoms with Crippen LogP contribution in [0.4, 0.5) is 4.39 Å². The first-order valence-electron chi connectivity index (χ1n) is 14.5. The molecule has 0 radical (unpaired) electrons. The molecule has 0 bridgehead atoms. The Bertz CT molecular complexity index is 1150. The van der Waals surface area contributed by atoms with Crippen LogP contribution in [0, 0.1) is 11.7 Å². The van der Waals surface area contributed by atoms with Crippen molar-refractivity contribution < 1.29 is 33.0 Å². The van der Waals surface area contributed by atoms with E-state index >= 15 is 0 Å². The first-order chi connectivity index (χ1) is 19.9. The second-order valence-corrected chi connectivity index (χ2v) is 10.2. The SMILES string of the molecule is CCCCCCCCCCOc1ccc(-c2ccc(OCC(CN)COC(=O)CN3C(=O)C=CC3=O)cc2)c(F)c1. The molecule has 222 valence electrons. The number of carbonyl (C=O) groups is 3. The molecule has 1 atom stereocenters. The summed E-state index contributed by atoms with van der Waals surface area (Å²) in [6.07, 6.45) is 12.0. The Kier molecular flexibility index (Phi) is 13.3. The van der Waals surface area contributed by atoms with Crippen LogP contribution in [0.15, 0.2) is 54.6 Å². The molecule has 0 aliphatic carbocycles. The second kappa shape index (κ2) is 17.2. The number of hydrogen-bond donors (Lipinski definition) is 1. The molecule has 0 saturated carbocycles. The van der Waals surface area contributed by atoms with Crippen LogP contribution in [-0.2, 0) is 19.1 Å². The van der Waals surface area contributed by atoms with Crippen LogP contribution >= 0.6 is 0 Å². The Labute approximate surface area is 241 Å². The van der Waals surface area contributed by atoms with E-state index in [2.05, 4.69) is 6.92 Å². The summed E-state index contributed by atoms with van der Waals surface area (Å²) in [4.78, 5) is 35.9. The highest BCUT2D eigenvalue weighted by molar-refractivity contribution is 6.14. The Hall–Kier alpha value is -3.72. The summed E-state index contributed by atoms with van der Waals surface area (Å²) in [5.74, 6) is -1.37. The van der Waals surface area contributed by atoms with Crippen molar-refractivity contribution in [1.29, 1.82) is 0 Å². The van der Waals surface area contributed by atoms with E-state index < -0.39 is 24.3 Å². The maximum Gasteiger partial charge on any atom is 0.326 e. The Morgan fingerprint density at radius 2 is 1.49 bits per heavy atom. The van der Waals surface area contributed by atoms with Gasteiger partial charge in [0, 0.05) is 36.2 Å². The van der Waals surface area contributed by atoms with Crippen molar-refractivity contribution in [1.82, 2.24) is 4.90 Å². The van der Waals surface area contributed by atoms with E-state index in [1.165, 1.54) is 44.6 Å². The average molecular weight is 569 g/mol. The molecule has 0 saturated heterocycles. The van der Waals surface area contributed by atoms with E-state index in [1.54, 1.807) is 36.4 Å². The predicted octanol–water partition coefficient (Wildman–Crippen LogP) is 5.43. The number of nitrogens with two attached hydrogens (primary N) is 1. The minimum absolute atomic E-state index is 0.0181. The Balaban J connectivity index is 1.38. The van der Waals surface area contributed by atoms with E-state index in [4.69, 9.17) is 19.9 Å². The summed E-state index contributed by atoms with van der Waals surface area (Å²) in [5, 5.41) is 0. The van der Waals surface area contributed by atoms with Gasteiger partial charge in [0.25, 0.3) is 11.8 Å². The van der Waals surface area contributed by atoms with Gasteiger partial charge in [-0.2, -0.15) is 0 Å². The lowest BCUT2D eigenvalue weighted by molar-refractivity contribution is -0.152. The number of amides is 2.